The number of carbonyl (C=O) groups excluding carboxylic acids is 1. The van der Waals surface area contributed by atoms with Crippen LogP contribution in [0.15, 0.2) is 12.1 Å². The number of hydrogen-bond acceptors (Lipinski definition) is 3. The molecule has 0 radical (unpaired) electrons. The number of carbonyl (C=O) groups is 1. The molecule has 0 aliphatic heterocycles. The number of hydrogen-bond donors (Lipinski definition) is 1. The summed E-state index contributed by atoms with van der Waals surface area (Å²) in [5.74, 6) is -0.499. The van der Waals surface area contributed by atoms with Crippen LogP contribution in [0.5, 0.6) is 5.75 Å². The maximum atomic E-state index is 12.0. The Morgan fingerprint density at radius 3 is 2.53 bits per heavy atom. The third-order valence-electron chi connectivity index (χ3n) is 1.96. The molecule has 1 aromatic rings. The lowest BCUT2D eigenvalue weighted by Gasteiger charge is -2.11. The van der Waals surface area contributed by atoms with Crippen LogP contribution in [-0.4, -0.2) is 12.4 Å². The minimum Gasteiger partial charge on any atom is -0.434 e. The number of nitrogen functional groups attached to an aromatic ring is 1. The summed E-state index contributed by atoms with van der Waals surface area (Å²) in [4.78, 5) is 11.1. The van der Waals surface area contributed by atoms with Crippen LogP contribution in [0, 0.1) is 6.92 Å². The molecule has 0 amide bonds. The Morgan fingerprint density at radius 2 is 2.07 bits per heavy atom. The third kappa shape index (κ3) is 2.65. The molecule has 0 heterocycles. The van der Waals surface area contributed by atoms with Crippen LogP contribution >= 0.6 is 0 Å². The molecule has 0 unspecified atom stereocenters. The summed E-state index contributed by atoms with van der Waals surface area (Å²) in [5, 5.41) is 0. The average molecular weight is 215 g/mol. The molecule has 15 heavy (non-hydrogen) atoms. The number of ether oxygens (including phenoxy) is 1. The van der Waals surface area contributed by atoms with Gasteiger partial charge in [0.05, 0.1) is 5.56 Å². The Labute approximate surface area is 85.8 Å². The largest absolute Gasteiger partial charge is 0.434 e. The summed E-state index contributed by atoms with van der Waals surface area (Å²) in [6.07, 6.45) is 0. The Morgan fingerprint density at radius 1 is 1.47 bits per heavy atom. The van der Waals surface area contributed by atoms with Crippen molar-refractivity contribution in [3.8, 4) is 5.75 Å². The van der Waals surface area contributed by atoms with Crippen molar-refractivity contribution in [3.63, 3.8) is 0 Å². The first kappa shape index (κ1) is 11.4. The van der Waals surface area contributed by atoms with Crippen molar-refractivity contribution in [1.82, 2.24) is 0 Å². The first-order chi connectivity index (χ1) is 6.91. The highest BCUT2D eigenvalue weighted by Crippen LogP contribution is 2.26. The molecule has 0 saturated heterocycles. The fourth-order valence-corrected chi connectivity index (χ4v) is 1.17. The number of benzene rings is 1. The molecule has 0 saturated carbocycles. The molecule has 1 aromatic carbocycles. The lowest BCUT2D eigenvalue weighted by Crippen LogP contribution is -2.08. The van der Waals surface area contributed by atoms with E-state index in [1.807, 2.05) is 0 Å². The highest BCUT2D eigenvalue weighted by atomic mass is 19.3. The van der Waals surface area contributed by atoms with Crippen molar-refractivity contribution in [2.75, 3.05) is 5.73 Å². The van der Waals surface area contributed by atoms with Gasteiger partial charge in [0.2, 0.25) is 0 Å². The quantitative estimate of drug-likeness (QED) is 0.622. The molecule has 1 rings (SSSR count). The molecule has 0 spiro atoms. The van der Waals surface area contributed by atoms with Gasteiger partial charge in [0, 0.05) is 5.69 Å². The monoisotopic (exact) mass is 215 g/mol. The van der Waals surface area contributed by atoms with E-state index < -0.39 is 6.61 Å². The van der Waals surface area contributed by atoms with Gasteiger partial charge in [-0.15, -0.1) is 0 Å². The van der Waals surface area contributed by atoms with Crippen LogP contribution in [0.1, 0.15) is 22.8 Å². The number of rotatable bonds is 3. The van der Waals surface area contributed by atoms with Crippen LogP contribution < -0.4 is 10.5 Å². The molecule has 0 atom stereocenters. The van der Waals surface area contributed by atoms with Gasteiger partial charge < -0.3 is 10.5 Å². The second kappa shape index (κ2) is 4.25. The van der Waals surface area contributed by atoms with Crippen molar-refractivity contribution in [2.45, 2.75) is 20.5 Å². The fraction of sp³-hybridized carbons (Fsp3) is 0.300. The summed E-state index contributed by atoms with van der Waals surface area (Å²) in [5.41, 5.74) is 6.60. The van der Waals surface area contributed by atoms with Crippen molar-refractivity contribution in [2.24, 2.45) is 0 Å². The summed E-state index contributed by atoms with van der Waals surface area (Å²) in [6.45, 7) is -0.0360. The van der Waals surface area contributed by atoms with Gasteiger partial charge in [-0.3, -0.25) is 4.79 Å². The summed E-state index contributed by atoms with van der Waals surface area (Å²) < 4.78 is 28.3. The number of nitrogens with two attached hydrogens (primary N) is 1. The standard InChI is InChI=1S/C10H11F2NO2/c1-5-3-9(15-10(11)12)7(6(2)14)4-8(5)13/h3-4,10H,13H2,1-2H3. The molecule has 3 nitrogen and oxygen atoms in total. The average Bonchev–Trinajstić information content (AvgIpc) is 2.09. The maximum absolute atomic E-state index is 12.0. The van der Waals surface area contributed by atoms with E-state index in [1.54, 1.807) is 6.92 Å². The van der Waals surface area contributed by atoms with Crippen molar-refractivity contribution >= 4 is 11.5 Å². The van der Waals surface area contributed by atoms with E-state index in [-0.39, 0.29) is 17.1 Å². The zero-order valence-electron chi connectivity index (χ0n) is 8.38. The Kier molecular flexibility index (Phi) is 3.24. The van der Waals surface area contributed by atoms with Gasteiger partial charge >= 0.3 is 6.61 Å². The predicted molar refractivity (Wildman–Crippen MR) is 52.2 cm³/mol. The minimum atomic E-state index is -2.95. The molecule has 0 aliphatic carbocycles. The molecule has 0 fully saturated rings. The normalized spacial score (nSPS) is 10.5. The second-order valence-corrected chi connectivity index (χ2v) is 3.14. The van der Waals surface area contributed by atoms with Crippen molar-refractivity contribution in [1.29, 1.82) is 0 Å². The number of Topliss-reactive ketones (excluding diaryl/α,β-unsaturated/α-hetero) is 1. The van der Waals surface area contributed by atoms with Gasteiger partial charge in [0.1, 0.15) is 5.75 Å². The van der Waals surface area contributed by atoms with Gasteiger partial charge in [0.25, 0.3) is 0 Å². The number of aryl methyl sites for hydroxylation is 1. The highest BCUT2D eigenvalue weighted by Gasteiger charge is 2.14. The fourth-order valence-electron chi connectivity index (χ4n) is 1.17. The number of alkyl halides is 2. The summed E-state index contributed by atoms with van der Waals surface area (Å²) in [7, 11) is 0. The van der Waals surface area contributed by atoms with Gasteiger partial charge in [-0.2, -0.15) is 8.78 Å². The first-order valence-corrected chi connectivity index (χ1v) is 4.27. The molecular weight excluding hydrogens is 204 g/mol. The van der Waals surface area contributed by atoms with Crippen molar-refractivity contribution < 1.29 is 18.3 Å². The highest BCUT2D eigenvalue weighted by molar-refractivity contribution is 5.98. The van der Waals surface area contributed by atoms with E-state index in [0.717, 1.165) is 0 Å². The zero-order chi connectivity index (χ0) is 11.6. The topological polar surface area (TPSA) is 52.3 Å². The molecule has 0 aromatic heterocycles. The molecular formula is C10H11F2NO2. The van der Waals surface area contributed by atoms with Crippen LogP contribution in [0.25, 0.3) is 0 Å². The van der Waals surface area contributed by atoms with E-state index in [2.05, 4.69) is 4.74 Å². The molecule has 0 aliphatic rings. The maximum Gasteiger partial charge on any atom is 0.387 e. The number of anilines is 1. The lowest BCUT2D eigenvalue weighted by molar-refractivity contribution is -0.0501. The van der Waals surface area contributed by atoms with E-state index in [9.17, 15) is 13.6 Å². The Hall–Kier alpha value is -1.65. The smallest absolute Gasteiger partial charge is 0.387 e. The van der Waals surface area contributed by atoms with E-state index in [4.69, 9.17) is 5.73 Å². The van der Waals surface area contributed by atoms with E-state index in [0.29, 0.717) is 11.3 Å². The zero-order valence-corrected chi connectivity index (χ0v) is 8.38. The minimum absolute atomic E-state index is 0.0680. The van der Waals surface area contributed by atoms with Gasteiger partial charge in [-0.1, -0.05) is 0 Å². The van der Waals surface area contributed by atoms with Gasteiger partial charge in [0.15, 0.2) is 5.78 Å². The van der Waals surface area contributed by atoms with Crippen LogP contribution in [0.3, 0.4) is 0 Å². The summed E-state index contributed by atoms with van der Waals surface area (Å²) >= 11 is 0. The van der Waals surface area contributed by atoms with Gasteiger partial charge in [-0.25, -0.2) is 0 Å². The SMILES string of the molecule is CC(=O)c1cc(N)c(C)cc1OC(F)F. The molecule has 82 valence electrons. The van der Waals surface area contributed by atoms with Gasteiger partial charge in [-0.05, 0) is 31.5 Å². The number of halogens is 2. The third-order valence-corrected chi connectivity index (χ3v) is 1.96. The van der Waals surface area contributed by atoms with Crippen LogP contribution in [0.4, 0.5) is 14.5 Å². The molecule has 0 bridgehead atoms. The Bertz CT molecular complexity index is 391. The van der Waals surface area contributed by atoms with Crippen LogP contribution in [-0.2, 0) is 0 Å². The predicted octanol–water partition coefficient (Wildman–Crippen LogP) is 2.38. The molecule has 2 N–H and O–H groups in total. The Balaban J connectivity index is 3.22. The first-order valence-electron chi connectivity index (χ1n) is 4.27. The summed E-state index contributed by atoms with van der Waals surface area (Å²) in [6, 6.07) is 2.67. The molecule has 5 heteroatoms. The van der Waals surface area contributed by atoms with E-state index in [1.165, 1.54) is 19.1 Å². The number of ketones is 1. The second-order valence-electron chi connectivity index (χ2n) is 3.14. The van der Waals surface area contributed by atoms with Crippen LogP contribution in [0.2, 0.25) is 0 Å². The van der Waals surface area contributed by atoms with E-state index >= 15 is 0 Å². The van der Waals surface area contributed by atoms with Crippen molar-refractivity contribution in [3.05, 3.63) is 23.3 Å². The lowest BCUT2D eigenvalue weighted by atomic mass is 10.1.